The summed E-state index contributed by atoms with van der Waals surface area (Å²) >= 11 is 0. The maximum absolute atomic E-state index is 13.3. The molecule has 0 aliphatic rings. The first-order valence-corrected chi connectivity index (χ1v) is 4.69. The number of nitrogens with two attached hydrogens (primary N) is 1. The van der Waals surface area contributed by atoms with Crippen molar-refractivity contribution >= 4 is 16.8 Å². The normalized spacial score (nSPS) is 10.9. The first-order chi connectivity index (χ1) is 7.24. The van der Waals surface area contributed by atoms with Gasteiger partial charge in [0.05, 0.1) is 5.39 Å². The number of anilines is 1. The molecule has 80 valence electrons. The summed E-state index contributed by atoms with van der Waals surface area (Å²) in [7, 11) is 1.84. The molecule has 4 nitrogen and oxygen atoms in total. The van der Waals surface area contributed by atoms with Crippen LogP contribution in [0.2, 0.25) is 0 Å². The first-order valence-electron chi connectivity index (χ1n) is 4.69. The van der Waals surface area contributed by atoms with Crippen LogP contribution in [0.1, 0.15) is 0 Å². The number of hydrogen-bond donors (Lipinski definition) is 1. The molecular formula is C10H12FN3O. The monoisotopic (exact) mass is 209 g/mol. The fraction of sp³-hybridized carbons (Fsp3) is 0.300. The van der Waals surface area contributed by atoms with Crippen molar-refractivity contribution < 1.29 is 8.91 Å². The zero-order valence-electron chi connectivity index (χ0n) is 8.40. The zero-order chi connectivity index (χ0) is 10.8. The highest BCUT2D eigenvalue weighted by molar-refractivity contribution is 5.88. The summed E-state index contributed by atoms with van der Waals surface area (Å²) in [5.41, 5.74) is 5.63. The first kappa shape index (κ1) is 9.92. The number of halogens is 1. The third kappa shape index (κ3) is 1.66. The Balaban J connectivity index is 2.49. The van der Waals surface area contributed by atoms with Gasteiger partial charge in [-0.2, -0.15) is 0 Å². The van der Waals surface area contributed by atoms with Crippen LogP contribution in [0.4, 0.5) is 10.2 Å². The predicted molar refractivity (Wildman–Crippen MR) is 56.3 cm³/mol. The van der Waals surface area contributed by atoms with E-state index in [1.807, 2.05) is 11.9 Å². The Bertz CT molecular complexity index is 469. The SMILES string of the molecule is CN(CCN)c1noc2c(F)cccc12. The molecule has 15 heavy (non-hydrogen) atoms. The maximum Gasteiger partial charge on any atom is 0.204 e. The molecule has 1 heterocycles. The van der Waals surface area contributed by atoms with Crippen LogP contribution in [0.3, 0.4) is 0 Å². The van der Waals surface area contributed by atoms with E-state index in [0.29, 0.717) is 24.3 Å². The van der Waals surface area contributed by atoms with E-state index in [1.165, 1.54) is 6.07 Å². The molecule has 0 saturated heterocycles. The van der Waals surface area contributed by atoms with Crippen molar-refractivity contribution in [2.75, 3.05) is 25.0 Å². The van der Waals surface area contributed by atoms with E-state index < -0.39 is 5.82 Å². The number of fused-ring (bicyclic) bond motifs is 1. The minimum absolute atomic E-state index is 0.191. The van der Waals surface area contributed by atoms with Gasteiger partial charge in [-0.3, -0.25) is 0 Å². The number of rotatable bonds is 3. The molecule has 1 aromatic heterocycles. The average molecular weight is 209 g/mol. The van der Waals surface area contributed by atoms with Gasteiger partial charge < -0.3 is 15.2 Å². The molecule has 0 atom stereocenters. The average Bonchev–Trinajstić information content (AvgIpc) is 2.63. The maximum atomic E-state index is 13.3. The molecule has 0 fully saturated rings. The van der Waals surface area contributed by atoms with Crippen LogP contribution in [-0.2, 0) is 0 Å². The van der Waals surface area contributed by atoms with Crippen molar-refractivity contribution in [2.24, 2.45) is 5.73 Å². The second-order valence-corrected chi connectivity index (χ2v) is 3.33. The standard InChI is InChI=1S/C10H12FN3O/c1-14(6-5-12)10-7-3-2-4-8(11)9(7)15-13-10/h2-4H,5-6,12H2,1H3. The lowest BCUT2D eigenvalue weighted by Crippen LogP contribution is -2.25. The Morgan fingerprint density at radius 2 is 2.33 bits per heavy atom. The number of hydrogen-bond acceptors (Lipinski definition) is 4. The molecule has 0 radical (unpaired) electrons. The van der Waals surface area contributed by atoms with Gasteiger partial charge in [-0.25, -0.2) is 4.39 Å². The van der Waals surface area contributed by atoms with Gasteiger partial charge in [-0.05, 0) is 12.1 Å². The van der Waals surface area contributed by atoms with E-state index in [4.69, 9.17) is 10.3 Å². The Labute approximate surface area is 86.4 Å². The van der Waals surface area contributed by atoms with Crippen molar-refractivity contribution in [1.29, 1.82) is 0 Å². The molecule has 2 aromatic rings. The van der Waals surface area contributed by atoms with Crippen LogP contribution in [-0.4, -0.2) is 25.3 Å². The summed E-state index contributed by atoms with van der Waals surface area (Å²) in [6.45, 7) is 1.16. The smallest absolute Gasteiger partial charge is 0.204 e. The highest BCUT2D eigenvalue weighted by Gasteiger charge is 2.14. The molecule has 2 N–H and O–H groups in total. The molecule has 0 aliphatic heterocycles. The van der Waals surface area contributed by atoms with Crippen LogP contribution in [0.25, 0.3) is 11.0 Å². The van der Waals surface area contributed by atoms with Gasteiger partial charge in [0.15, 0.2) is 11.6 Å². The van der Waals surface area contributed by atoms with Gasteiger partial charge in [-0.1, -0.05) is 11.2 Å². The Kier molecular flexibility index (Phi) is 2.55. The van der Waals surface area contributed by atoms with Crippen molar-refractivity contribution in [3.63, 3.8) is 0 Å². The Morgan fingerprint density at radius 1 is 1.53 bits per heavy atom. The van der Waals surface area contributed by atoms with Gasteiger partial charge in [0.25, 0.3) is 0 Å². The lowest BCUT2D eigenvalue weighted by molar-refractivity contribution is 0.440. The lowest BCUT2D eigenvalue weighted by Gasteiger charge is -2.13. The van der Waals surface area contributed by atoms with Crippen molar-refractivity contribution in [1.82, 2.24) is 5.16 Å². The number of benzene rings is 1. The number of aromatic nitrogens is 1. The number of nitrogens with zero attached hydrogens (tertiary/aromatic N) is 2. The predicted octanol–water partition coefficient (Wildman–Crippen LogP) is 1.36. The topological polar surface area (TPSA) is 55.3 Å². The molecule has 0 unspecified atom stereocenters. The summed E-state index contributed by atoms with van der Waals surface area (Å²) in [5.74, 6) is 0.224. The van der Waals surface area contributed by atoms with E-state index in [2.05, 4.69) is 5.16 Å². The lowest BCUT2D eigenvalue weighted by atomic mass is 10.2. The second-order valence-electron chi connectivity index (χ2n) is 3.33. The van der Waals surface area contributed by atoms with Gasteiger partial charge in [0.2, 0.25) is 5.58 Å². The molecule has 5 heteroatoms. The molecule has 0 spiro atoms. The molecule has 0 amide bonds. The van der Waals surface area contributed by atoms with E-state index in [1.54, 1.807) is 12.1 Å². The van der Waals surface area contributed by atoms with Crippen molar-refractivity contribution in [3.05, 3.63) is 24.0 Å². The quantitative estimate of drug-likeness (QED) is 0.829. The van der Waals surface area contributed by atoms with Crippen molar-refractivity contribution in [3.8, 4) is 0 Å². The van der Waals surface area contributed by atoms with Crippen LogP contribution in [0, 0.1) is 5.82 Å². The Morgan fingerprint density at radius 3 is 3.07 bits per heavy atom. The van der Waals surface area contributed by atoms with E-state index >= 15 is 0 Å². The number of para-hydroxylation sites is 1. The summed E-state index contributed by atoms with van der Waals surface area (Å²) in [6.07, 6.45) is 0. The van der Waals surface area contributed by atoms with Crippen LogP contribution in [0.5, 0.6) is 0 Å². The zero-order valence-corrected chi connectivity index (χ0v) is 8.40. The van der Waals surface area contributed by atoms with E-state index in [-0.39, 0.29) is 5.58 Å². The van der Waals surface area contributed by atoms with Gasteiger partial charge in [0, 0.05) is 20.1 Å². The highest BCUT2D eigenvalue weighted by Crippen LogP contribution is 2.26. The third-order valence-electron chi connectivity index (χ3n) is 2.26. The van der Waals surface area contributed by atoms with Crippen LogP contribution in [0.15, 0.2) is 22.7 Å². The summed E-state index contributed by atoms with van der Waals surface area (Å²) in [6, 6.07) is 4.76. The van der Waals surface area contributed by atoms with Crippen molar-refractivity contribution in [2.45, 2.75) is 0 Å². The highest BCUT2D eigenvalue weighted by atomic mass is 19.1. The summed E-state index contributed by atoms with van der Waals surface area (Å²) < 4.78 is 18.2. The Hall–Kier alpha value is -1.62. The van der Waals surface area contributed by atoms with Gasteiger partial charge >= 0.3 is 0 Å². The molecule has 0 aliphatic carbocycles. The molecule has 2 rings (SSSR count). The van der Waals surface area contributed by atoms with Gasteiger partial charge in [-0.15, -0.1) is 0 Å². The largest absolute Gasteiger partial charge is 0.355 e. The molecular weight excluding hydrogens is 197 g/mol. The second kappa shape index (κ2) is 3.86. The number of likely N-dealkylation sites (N-methyl/N-ethyl adjacent to an activating group) is 1. The fourth-order valence-electron chi connectivity index (χ4n) is 1.49. The van der Waals surface area contributed by atoms with Crippen LogP contribution >= 0.6 is 0 Å². The van der Waals surface area contributed by atoms with Gasteiger partial charge in [0.1, 0.15) is 0 Å². The minimum Gasteiger partial charge on any atom is -0.355 e. The summed E-state index contributed by atoms with van der Waals surface area (Å²) in [4.78, 5) is 1.84. The fourth-order valence-corrected chi connectivity index (χ4v) is 1.49. The molecule has 0 saturated carbocycles. The van der Waals surface area contributed by atoms with Crippen LogP contribution < -0.4 is 10.6 Å². The summed E-state index contributed by atoms with van der Waals surface area (Å²) in [5, 5.41) is 4.50. The molecule has 0 bridgehead atoms. The third-order valence-corrected chi connectivity index (χ3v) is 2.26. The minimum atomic E-state index is -0.396. The van der Waals surface area contributed by atoms with E-state index in [9.17, 15) is 4.39 Å². The van der Waals surface area contributed by atoms with E-state index in [0.717, 1.165) is 0 Å². The molecule has 1 aromatic carbocycles.